The highest BCUT2D eigenvalue weighted by Gasteiger charge is 2.11. The molecule has 0 spiro atoms. The highest BCUT2D eigenvalue weighted by molar-refractivity contribution is 7.09. The van der Waals surface area contributed by atoms with E-state index in [1.54, 1.807) is 11.3 Å². The quantitative estimate of drug-likeness (QED) is 0.772. The maximum atomic E-state index is 10.9. The van der Waals surface area contributed by atoms with E-state index in [9.17, 15) is 4.79 Å². The molecule has 1 heterocycles. The molecule has 0 fully saturated rings. The van der Waals surface area contributed by atoms with Gasteiger partial charge in [-0.05, 0) is 38.3 Å². The first-order valence-electron chi connectivity index (χ1n) is 6.19. The summed E-state index contributed by atoms with van der Waals surface area (Å²) in [4.78, 5) is 14.4. The zero-order valence-corrected chi connectivity index (χ0v) is 12.0. The number of carboxylic acids is 1. The van der Waals surface area contributed by atoms with Gasteiger partial charge in [-0.1, -0.05) is 19.1 Å². The Labute approximate surface area is 113 Å². The lowest BCUT2D eigenvalue weighted by atomic mass is 10.1. The van der Waals surface area contributed by atoms with Gasteiger partial charge in [0.2, 0.25) is 0 Å². The normalized spacial score (nSPS) is 13.9. The van der Waals surface area contributed by atoms with Crippen LogP contribution < -0.4 is 0 Å². The molecular weight excluding hydrogens is 246 g/mol. The first-order valence-corrected chi connectivity index (χ1v) is 7.07. The molecule has 0 aliphatic carbocycles. The van der Waals surface area contributed by atoms with Crippen LogP contribution in [0.5, 0.6) is 0 Å². The molecule has 0 radical (unpaired) electrons. The van der Waals surface area contributed by atoms with Crippen LogP contribution in [0.1, 0.15) is 25.1 Å². The predicted octanol–water partition coefficient (Wildman–Crippen LogP) is 3.03. The van der Waals surface area contributed by atoms with Gasteiger partial charge in [0.05, 0.1) is 0 Å². The number of hydrogen-bond acceptors (Lipinski definition) is 3. The zero-order chi connectivity index (χ0) is 13.5. The molecule has 0 aromatic carbocycles. The van der Waals surface area contributed by atoms with Gasteiger partial charge in [0, 0.05) is 23.0 Å². The van der Waals surface area contributed by atoms with Crippen LogP contribution in [0.2, 0.25) is 0 Å². The number of thiophene rings is 1. The summed E-state index contributed by atoms with van der Waals surface area (Å²) in [6.45, 7) is 4.72. The summed E-state index contributed by atoms with van der Waals surface area (Å²) in [5, 5.41) is 11.0. The molecule has 18 heavy (non-hydrogen) atoms. The second-order valence-electron chi connectivity index (χ2n) is 4.46. The molecule has 0 bridgehead atoms. The van der Waals surface area contributed by atoms with Gasteiger partial charge in [-0.15, -0.1) is 11.3 Å². The van der Waals surface area contributed by atoms with Crippen molar-refractivity contribution >= 4 is 17.3 Å². The molecule has 4 heteroatoms. The Kier molecular flexibility index (Phi) is 6.09. The van der Waals surface area contributed by atoms with Gasteiger partial charge in [0.15, 0.2) is 0 Å². The highest BCUT2D eigenvalue weighted by Crippen LogP contribution is 2.13. The van der Waals surface area contributed by atoms with Gasteiger partial charge in [0.1, 0.15) is 0 Å². The number of likely N-dealkylation sites (N-methyl/N-ethyl adjacent to an activating group) is 1. The van der Waals surface area contributed by atoms with Crippen LogP contribution in [-0.2, 0) is 11.2 Å². The summed E-state index contributed by atoms with van der Waals surface area (Å²) in [6.07, 6.45) is 3.40. The third-order valence-corrected chi connectivity index (χ3v) is 4.01. The molecule has 0 amide bonds. The molecule has 0 aliphatic heterocycles. The Bertz CT molecular complexity index is 398. The minimum atomic E-state index is -0.809. The molecule has 1 rings (SSSR count). The van der Waals surface area contributed by atoms with Gasteiger partial charge in [-0.3, -0.25) is 4.90 Å². The summed E-state index contributed by atoms with van der Waals surface area (Å²) >= 11 is 1.77. The van der Waals surface area contributed by atoms with Crippen LogP contribution in [0.15, 0.2) is 29.2 Å². The Hall–Kier alpha value is -1.13. The number of carbonyl (C=O) groups is 1. The second-order valence-corrected chi connectivity index (χ2v) is 5.49. The summed E-state index contributed by atoms with van der Waals surface area (Å²) in [5.74, 6) is -0.809. The van der Waals surface area contributed by atoms with Gasteiger partial charge in [-0.25, -0.2) is 4.79 Å². The van der Waals surface area contributed by atoms with E-state index in [1.165, 1.54) is 4.88 Å². The fraction of sp³-hybridized carbons (Fsp3) is 0.500. The van der Waals surface area contributed by atoms with E-state index in [-0.39, 0.29) is 0 Å². The number of aliphatic carboxylic acids is 1. The van der Waals surface area contributed by atoms with Crippen molar-refractivity contribution in [2.24, 2.45) is 0 Å². The van der Waals surface area contributed by atoms with E-state index in [4.69, 9.17) is 5.11 Å². The molecular formula is C14H21NO2S. The van der Waals surface area contributed by atoms with E-state index in [1.807, 2.05) is 20.0 Å². The monoisotopic (exact) mass is 267 g/mol. The fourth-order valence-corrected chi connectivity index (χ4v) is 2.52. The van der Waals surface area contributed by atoms with E-state index in [0.29, 0.717) is 24.6 Å². The summed E-state index contributed by atoms with van der Waals surface area (Å²) < 4.78 is 0. The second kappa shape index (κ2) is 7.34. The van der Waals surface area contributed by atoms with Gasteiger partial charge < -0.3 is 5.11 Å². The molecule has 1 aromatic rings. The number of nitrogens with zero attached hydrogens (tertiary/aromatic N) is 1. The Balaban J connectivity index is 2.49. The third-order valence-electron chi connectivity index (χ3n) is 3.11. The molecule has 1 atom stereocenters. The van der Waals surface area contributed by atoms with Crippen LogP contribution in [-0.4, -0.2) is 35.6 Å². The first-order chi connectivity index (χ1) is 8.54. The Morgan fingerprint density at radius 3 is 2.83 bits per heavy atom. The van der Waals surface area contributed by atoms with Crippen LogP contribution in [0.25, 0.3) is 0 Å². The number of carboxylic acid groups (broad SMARTS) is 1. The van der Waals surface area contributed by atoms with Crippen LogP contribution >= 0.6 is 11.3 Å². The third kappa shape index (κ3) is 4.63. The minimum absolute atomic E-state index is 0.409. The van der Waals surface area contributed by atoms with Crippen molar-refractivity contribution in [1.29, 1.82) is 0 Å². The SMILES string of the molecule is CCC(=CCN(C)C(C)Cc1cccs1)C(=O)O. The van der Waals surface area contributed by atoms with E-state index >= 15 is 0 Å². The Morgan fingerprint density at radius 1 is 1.61 bits per heavy atom. The predicted molar refractivity (Wildman–Crippen MR) is 76.1 cm³/mol. The lowest BCUT2D eigenvalue weighted by Gasteiger charge is -2.23. The molecule has 0 aliphatic rings. The summed E-state index contributed by atoms with van der Waals surface area (Å²) in [5.41, 5.74) is 0.491. The van der Waals surface area contributed by atoms with Gasteiger partial charge in [0.25, 0.3) is 0 Å². The average molecular weight is 267 g/mol. The van der Waals surface area contributed by atoms with Crippen molar-refractivity contribution in [1.82, 2.24) is 4.90 Å². The minimum Gasteiger partial charge on any atom is -0.478 e. The largest absolute Gasteiger partial charge is 0.478 e. The van der Waals surface area contributed by atoms with Crippen molar-refractivity contribution in [2.75, 3.05) is 13.6 Å². The van der Waals surface area contributed by atoms with Crippen molar-refractivity contribution in [2.45, 2.75) is 32.7 Å². The van der Waals surface area contributed by atoms with Crippen LogP contribution in [0.3, 0.4) is 0 Å². The number of rotatable bonds is 7. The lowest BCUT2D eigenvalue weighted by molar-refractivity contribution is -0.132. The molecule has 1 N–H and O–H groups in total. The Morgan fingerprint density at radius 2 is 2.33 bits per heavy atom. The van der Waals surface area contributed by atoms with Gasteiger partial charge >= 0.3 is 5.97 Å². The molecule has 1 unspecified atom stereocenters. The molecule has 100 valence electrons. The summed E-state index contributed by atoms with van der Waals surface area (Å²) in [7, 11) is 2.03. The molecule has 0 saturated carbocycles. The fourth-order valence-electron chi connectivity index (χ4n) is 1.69. The molecule has 1 aromatic heterocycles. The molecule has 0 saturated heterocycles. The maximum Gasteiger partial charge on any atom is 0.331 e. The van der Waals surface area contributed by atoms with Crippen LogP contribution in [0.4, 0.5) is 0 Å². The maximum absolute atomic E-state index is 10.9. The number of hydrogen-bond donors (Lipinski definition) is 1. The van der Waals surface area contributed by atoms with Crippen molar-refractivity contribution < 1.29 is 9.90 Å². The van der Waals surface area contributed by atoms with Gasteiger partial charge in [-0.2, -0.15) is 0 Å². The van der Waals surface area contributed by atoms with Crippen molar-refractivity contribution in [3.63, 3.8) is 0 Å². The van der Waals surface area contributed by atoms with E-state index in [0.717, 1.165) is 6.42 Å². The zero-order valence-electron chi connectivity index (χ0n) is 11.2. The van der Waals surface area contributed by atoms with Crippen LogP contribution in [0, 0.1) is 0 Å². The van der Waals surface area contributed by atoms with Crippen molar-refractivity contribution in [3.05, 3.63) is 34.0 Å². The average Bonchev–Trinajstić information content (AvgIpc) is 2.81. The topological polar surface area (TPSA) is 40.5 Å². The lowest BCUT2D eigenvalue weighted by Crippen LogP contribution is -2.31. The first kappa shape index (κ1) is 14.9. The van der Waals surface area contributed by atoms with E-state index < -0.39 is 5.97 Å². The summed E-state index contributed by atoms with van der Waals surface area (Å²) in [6, 6.07) is 4.61. The molecule has 3 nitrogen and oxygen atoms in total. The highest BCUT2D eigenvalue weighted by atomic mass is 32.1. The van der Waals surface area contributed by atoms with Crippen molar-refractivity contribution in [3.8, 4) is 0 Å². The standard InChI is InChI=1S/C14H21NO2S/c1-4-12(14(16)17)7-8-15(3)11(2)10-13-6-5-9-18-13/h5-7,9,11H,4,8,10H2,1-3H3,(H,16,17). The smallest absolute Gasteiger partial charge is 0.331 e. The van der Waals surface area contributed by atoms with E-state index in [2.05, 4.69) is 29.3 Å².